The van der Waals surface area contributed by atoms with Gasteiger partial charge in [0.05, 0.1) is 6.61 Å². The average molecular weight is 258 g/mol. The Hall–Kier alpha value is -2.05. The van der Waals surface area contributed by atoms with Crippen molar-refractivity contribution in [2.75, 3.05) is 13.2 Å². The quantitative estimate of drug-likeness (QED) is 0.604. The van der Waals surface area contributed by atoms with E-state index >= 15 is 0 Å². The molecule has 19 heavy (non-hydrogen) atoms. The van der Waals surface area contributed by atoms with E-state index in [1.54, 1.807) is 12.2 Å². The molecule has 3 nitrogen and oxygen atoms in total. The summed E-state index contributed by atoms with van der Waals surface area (Å²) in [5, 5.41) is 8.33. The van der Waals surface area contributed by atoms with Crippen LogP contribution in [0, 0.1) is 11.8 Å². The lowest BCUT2D eigenvalue weighted by Gasteiger charge is -1.96. The number of hydrogen-bond donors (Lipinski definition) is 1. The Morgan fingerprint density at radius 1 is 1.32 bits per heavy atom. The normalized spacial score (nSPS) is 10.1. The summed E-state index contributed by atoms with van der Waals surface area (Å²) in [5.41, 5.74) is 1.34. The molecule has 0 amide bonds. The van der Waals surface area contributed by atoms with Crippen molar-refractivity contribution in [3.63, 3.8) is 0 Å². The maximum atomic E-state index is 10.1. The van der Waals surface area contributed by atoms with Crippen molar-refractivity contribution in [1.82, 2.24) is 0 Å². The van der Waals surface area contributed by atoms with Crippen LogP contribution >= 0.6 is 0 Å². The second kappa shape index (κ2) is 9.93. The van der Waals surface area contributed by atoms with E-state index in [1.165, 1.54) is 5.56 Å². The van der Waals surface area contributed by atoms with Crippen LogP contribution in [0.15, 0.2) is 42.5 Å². The minimum atomic E-state index is -0.958. The number of unbranched alkanes of at least 4 members (excludes halogenated alkanes) is 1. The van der Waals surface area contributed by atoms with E-state index in [9.17, 15) is 4.79 Å². The monoisotopic (exact) mass is 258 g/mol. The van der Waals surface area contributed by atoms with Crippen LogP contribution in [0.4, 0.5) is 0 Å². The first-order chi connectivity index (χ1) is 9.29. The fourth-order valence-corrected chi connectivity index (χ4v) is 1.48. The Kier molecular flexibility index (Phi) is 7.84. The van der Waals surface area contributed by atoms with Crippen LogP contribution < -0.4 is 0 Å². The summed E-state index contributed by atoms with van der Waals surface area (Å²) >= 11 is 0. The number of carbonyl (C=O) groups is 1. The number of allylic oxidation sites excluding steroid dienone is 1. The first-order valence-corrected chi connectivity index (χ1v) is 6.26. The van der Waals surface area contributed by atoms with Gasteiger partial charge in [0.25, 0.3) is 0 Å². The molecule has 0 spiro atoms. The minimum absolute atomic E-state index is 0.269. The number of benzene rings is 1. The number of rotatable bonds is 7. The first-order valence-electron chi connectivity index (χ1n) is 6.26. The highest BCUT2D eigenvalue weighted by molar-refractivity contribution is 5.67. The highest BCUT2D eigenvalue weighted by Gasteiger charge is 1.92. The molecule has 1 N–H and O–H groups in total. The van der Waals surface area contributed by atoms with E-state index < -0.39 is 5.97 Å². The van der Waals surface area contributed by atoms with Crippen molar-refractivity contribution in [2.45, 2.75) is 19.3 Å². The number of aliphatic carboxylic acids is 1. The van der Waals surface area contributed by atoms with Crippen LogP contribution in [0.3, 0.4) is 0 Å². The number of hydrogen-bond acceptors (Lipinski definition) is 2. The Morgan fingerprint density at radius 3 is 2.84 bits per heavy atom. The summed E-state index contributed by atoms with van der Waals surface area (Å²) in [6, 6.07) is 10.3. The van der Waals surface area contributed by atoms with Gasteiger partial charge in [-0.25, -0.2) is 4.79 Å². The van der Waals surface area contributed by atoms with Crippen molar-refractivity contribution in [1.29, 1.82) is 0 Å². The SMILES string of the molecule is O=C(O)COC/C=C\C#CCCCc1ccccc1. The van der Waals surface area contributed by atoms with E-state index in [2.05, 4.69) is 24.0 Å². The van der Waals surface area contributed by atoms with Gasteiger partial charge in [-0.1, -0.05) is 48.2 Å². The van der Waals surface area contributed by atoms with Gasteiger partial charge in [0, 0.05) is 6.42 Å². The molecule has 0 aromatic heterocycles. The molecule has 0 heterocycles. The Morgan fingerprint density at radius 2 is 2.11 bits per heavy atom. The second-order valence-corrected chi connectivity index (χ2v) is 3.97. The molecule has 1 aromatic carbocycles. The highest BCUT2D eigenvalue weighted by Crippen LogP contribution is 2.03. The molecular weight excluding hydrogens is 240 g/mol. The van der Waals surface area contributed by atoms with Crippen molar-refractivity contribution in [3.8, 4) is 11.8 Å². The lowest BCUT2D eigenvalue weighted by atomic mass is 10.1. The Bertz CT molecular complexity index is 452. The van der Waals surface area contributed by atoms with Gasteiger partial charge in [-0.2, -0.15) is 0 Å². The number of carboxylic acids is 1. The van der Waals surface area contributed by atoms with Crippen LogP contribution in [-0.2, 0) is 16.0 Å². The lowest BCUT2D eigenvalue weighted by Crippen LogP contribution is -2.06. The molecule has 0 aliphatic rings. The van der Waals surface area contributed by atoms with Crippen LogP contribution in [0.25, 0.3) is 0 Å². The number of carboxylic acid groups (broad SMARTS) is 1. The maximum Gasteiger partial charge on any atom is 0.329 e. The summed E-state index contributed by atoms with van der Waals surface area (Å²) in [6.07, 6.45) is 6.36. The van der Waals surface area contributed by atoms with E-state index in [0.29, 0.717) is 0 Å². The van der Waals surface area contributed by atoms with E-state index in [-0.39, 0.29) is 13.2 Å². The van der Waals surface area contributed by atoms with Crippen molar-refractivity contribution >= 4 is 5.97 Å². The van der Waals surface area contributed by atoms with Gasteiger partial charge >= 0.3 is 5.97 Å². The standard InChI is InChI=1S/C16H18O3/c17-16(18)14-19-13-9-4-2-1-3-6-10-15-11-7-5-8-12-15/h4-5,7-9,11-12H,3,6,10,13-14H2,(H,17,18)/b9-4-. The van der Waals surface area contributed by atoms with Gasteiger partial charge < -0.3 is 9.84 Å². The molecule has 1 aromatic rings. The fourth-order valence-electron chi connectivity index (χ4n) is 1.48. The smallest absolute Gasteiger partial charge is 0.329 e. The van der Waals surface area contributed by atoms with E-state index in [1.807, 2.05) is 18.2 Å². The Balaban J connectivity index is 2.05. The fraction of sp³-hybridized carbons (Fsp3) is 0.312. The molecule has 100 valence electrons. The third kappa shape index (κ3) is 8.64. The molecule has 0 saturated carbocycles. The van der Waals surface area contributed by atoms with Crippen molar-refractivity contribution < 1.29 is 14.6 Å². The summed E-state index contributed by atoms with van der Waals surface area (Å²) in [5.74, 6) is 4.99. The predicted octanol–water partition coefficient (Wildman–Crippen LogP) is 2.67. The Labute approximate surface area is 113 Å². The molecule has 0 saturated heterocycles. The zero-order chi connectivity index (χ0) is 13.8. The molecule has 0 aliphatic heterocycles. The molecule has 0 bridgehead atoms. The third-order valence-corrected chi connectivity index (χ3v) is 2.35. The summed E-state index contributed by atoms with van der Waals surface area (Å²) in [4.78, 5) is 10.1. The van der Waals surface area contributed by atoms with Crippen LogP contribution in [0.5, 0.6) is 0 Å². The summed E-state index contributed by atoms with van der Waals surface area (Å²) in [6.45, 7) is 0.0137. The van der Waals surface area contributed by atoms with Crippen molar-refractivity contribution in [2.24, 2.45) is 0 Å². The van der Waals surface area contributed by atoms with E-state index in [0.717, 1.165) is 19.3 Å². The predicted molar refractivity (Wildman–Crippen MR) is 74.8 cm³/mol. The van der Waals surface area contributed by atoms with E-state index in [4.69, 9.17) is 9.84 Å². The van der Waals surface area contributed by atoms with Gasteiger partial charge in [-0.05, 0) is 24.5 Å². The van der Waals surface area contributed by atoms with Crippen LogP contribution in [0.2, 0.25) is 0 Å². The summed E-state index contributed by atoms with van der Waals surface area (Å²) in [7, 11) is 0. The van der Waals surface area contributed by atoms with Gasteiger partial charge in [-0.3, -0.25) is 0 Å². The maximum absolute atomic E-state index is 10.1. The summed E-state index contributed by atoms with van der Waals surface area (Å²) < 4.78 is 4.83. The molecule has 0 aliphatic carbocycles. The molecule has 0 atom stereocenters. The molecular formula is C16H18O3. The lowest BCUT2D eigenvalue weighted by molar-refractivity contribution is -0.141. The molecule has 0 unspecified atom stereocenters. The van der Waals surface area contributed by atoms with Gasteiger partial charge in [0.15, 0.2) is 0 Å². The van der Waals surface area contributed by atoms with Gasteiger partial charge in [0.2, 0.25) is 0 Å². The highest BCUT2D eigenvalue weighted by atomic mass is 16.5. The first kappa shape index (κ1) is 15.0. The molecule has 0 radical (unpaired) electrons. The second-order valence-electron chi connectivity index (χ2n) is 3.97. The number of aryl methyl sites for hydroxylation is 1. The van der Waals surface area contributed by atoms with Gasteiger partial charge in [0.1, 0.15) is 6.61 Å². The van der Waals surface area contributed by atoms with Gasteiger partial charge in [-0.15, -0.1) is 0 Å². The van der Waals surface area contributed by atoms with Crippen LogP contribution in [-0.4, -0.2) is 24.3 Å². The average Bonchev–Trinajstić information content (AvgIpc) is 2.42. The molecule has 3 heteroatoms. The van der Waals surface area contributed by atoms with Crippen LogP contribution in [0.1, 0.15) is 18.4 Å². The molecule has 0 fully saturated rings. The number of ether oxygens (including phenoxy) is 1. The molecule has 1 rings (SSSR count). The topological polar surface area (TPSA) is 46.5 Å². The minimum Gasteiger partial charge on any atom is -0.480 e. The zero-order valence-electron chi connectivity index (χ0n) is 10.8. The van der Waals surface area contributed by atoms with Crippen molar-refractivity contribution in [3.05, 3.63) is 48.0 Å². The third-order valence-electron chi connectivity index (χ3n) is 2.35. The zero-order valence-corrected chi connectivity index (χ0v) is 10.8. The largest absolute Gasteiger partial charge is 0.480 e.